The molecule has 0 atom stereocenters. The third-order valence-electron chi connectivity index (χ3n) is 6.54. The Morgan fingerprint density at radius 3 is 2.26 bits per heavy atom. The van der Waals surface area contributed by atoms with Crippen molar-refractivity contribution in [2.45, 2.75) is 43.7 Å². The van der Waals surface area contributed by atoms with Crippen molar-refractivity contribution < 1.29 is 50.2 Å². The summed E-state index contributed by atoms with van der Waals surface area (Å²) in [5, 5.41) is 9.75. The number of carbonyl (C=O) groups is 2. The van der Waals surface area contributed by atoms with Crippen LogP contribution in [0.15, 0.2) is 36.7 Å². The number of aromatic nitrogens is 3. The molecule has 0 radical (unpaired) electrons. The Balaban J connectivity index is 0.000000426. The maximum Gasteiger partial charge on any atom is 0.490 e. The summed E-state index contributed by atoms with van der Waals surface area (Å²) in [6.45, 7) is 0. The van der Waals surface area contributed by atoms with Gasteiger partial charge in [0.1, 0.15) is 11.4 Å². The molecule has 0 unspecified atom stereocenters. The number of hydrogen-bond acceptors (Lipinski definition) is 5. The van der Waals surface area contributed by atoms with Crippen LogP contribution in [0.1, 0.15) is 47.6 Å². The third-order valence-corrected chi connectivity index (χ3v) is 6.54. The molecule has 3 aliphatic carbocycles. The second kappa shape index (κ2) is 9.44. The fraction of sp³-hybridized carbons (Fsp3) is 0.391. The Labute approximate surface area is 209 Å². The monoisotopic (exact) mass is 548 g/mol. The molecule has 0 aliphatic heterocycles. The van der Waals surface area contributed by atoms with Crippen molar-refractivity contribution in [3.63, 3.8) is 0 Å². The molecule has 3 aliphatic rings. The van der Waals surface area contributed by atoms with Crippen LogP contribution in [0.5, 0.6) is 5.75 Å². The zero-order chi connectivity index (χ0) is 28.0. The van der Waals surface area contributed by atoms with Gasteiger partial charge in [-0.3, -0.25) is 4.79 Å². The van der Waals surface area contributed by atoms with Crippen molar-refractivity contribution in [1.29, 1.82) is 0 Å². The van der Waals surface area contributed by atoms with Crippen molar-refractivity contribution in [3.05, 3.63) is 53.7 Å². The summed E-state index contributed by atoms with van der Waals surface area (Å²) in [5.74, 6) is -3.02. The van der Waals surface area contributed by atoms with Gasteiger partial charge in [0.15, 0.2) is 11.4 Å². The lowest BCUT2D eigenvalue weighted by molar-refractivity contribution is -0.223. The van der Waals surface area contributed by atoms with Crippen molar-refractivity contribution in [2.24, 2.45) is 5.41 Å². The first-order valence-corrected chi connectivity index (χ1v) is 10.9. The largest absolute Gasteiger partial charge is 0.493 e. The predicted molar refractivity (Wildman–Crippen MR) is 117 cm³/mol. The van der Waals surface area contributed by atoms with Crippen molar-refractivity contribution in [1.82, 2.24) is 14.4 Å². The highest BCUT2D eigenvalue weighted by Gasteiger charge is 2.73. The molecule has 3 saturated carbocycles. The number of alkyl halides is 7. The van der Waals surface area contributed by atoms with Crippen LogP contribution in [-0.2, 0) is 10.2 Å². The Hall–Kier alpha value is -3.91. The van der Waals surface area contributed by atoms with Crippen LogP contribution in [0.2, 0.25) is 0 Å². The molecule has 3 aromatic rings. The number of nitrogens with one attached hydrogen (secondary N) is 1. The topological polar surface area (TPSA) is 106 Å². The number of amides is 1. The second-order valence-corrected chi connectivity index (χ2v) is 9.13. The smallest absolute Gasteiger partial charge is 0.490 e. The average molecular weight is 548 g/mol. The van der Waals surface area contributed by atoms with Crippen LogP contribution in [0, 0.1) is 5.41 Å². The summed E-state index contributed by atoms with van der Waals surface area (Å²) >= 11 is 0. The zero-order valence-electron chi connectivity index (χ0n) is 19.4. The van der Waals surface area contributed by atoms with Gasteiger partial charge >= 0.3 is 12.1 Å². The van der Waals surface area contributed by atoms with E-state index in [9.17, 15) is 35.5 Å². The minimum absolute atomic E-state index is 0.144. The summed E-state index contributed by atoms with van der Waals surface area (Å²) in [6, 6.07) is 5.38. The molecule has 15 heteroatoms. The molecule has 0 spiro atoms. The number of carboxylic acid groups (broad SMARTS) is 1. The third kappa shape index (κ3) is 4.84. The van der Waals surface area contributed by atoms with E-state index in [0.717, 1.165) is 11.8 Å². The highest BCUT2D eigenvalue weighted by atomic mass is 19.4. The number of carbonyl (C=O) groups excluding carboxylic acids is 1. The first-order valence-electron chi connectivity index (χ1n) is 10.9. The number of nitrogens with zero attached hydrogens (tertiary/aromatic N) is 3. The number of aliphatic carboxylic acids is 1. The van der Waals surface area contributed by atoms with E-state index in [4.69, 9.17) is 14.6 Å². The summed E-state index contributed by atoms with van der Waals surface area (Å²) in [6.07, 6.45) is -5.57. The van der Waals surface area contributed by atoms with E-state index < -0.39 is 42.0 Å². The number of rotatable bonds is 6. The molecule has 204 valence electrons. The van der Waals surface area contributed by atoms with Crippen molar-refractivity contribution >= 4 is 23.2 Å². The first kappa shape index (κ1) is 27.1. The summed E-state index contributed by atoms with van der Waals surface area (Å²) in [5.41, 5.74) is -0.235. The van der Waals surface area contributed by atoms with Crippen LogP contribution in [-0.4, -0.2) is 51.1 Å². The van der Waals surface area contributed by atoms with Gasteiger partial charge in [-0.15, -0.1) is 0 Å². The Morgan fingerprint density at radius 1 is 1.11 bits per heavy atom. The molecule has 2 N–H and O–H groups in total. The molecule has 3 aromatic heterocycles. The van der Waals surface area contributed by atoms with Crippen LogP contribution in [0.25, 0.3) is 5.65 Å². The number of hydrogen-bond donors (Lipinski definition) is 2. The van der Waals surface area contributed by atoms with Crippen LogP contribution >= 0.6 is 0 Å². The van der Waals surface area contributed by atoms with E-state index >= 15 is 0 Å². The van der Waals surface area contributed by atoms with E-state index in [2.05, 4.69) is 15.3 Å². The highest BCUT2D eigenvalue weighted by molar-refractivity contribution is 6.03. The molecular formula is C23H19F7N4O4. The molecule has 8 nitrogen and oxygen atoms in total. The fourth-order valence-corrected chi connectivity index (χ4v) is 4.81. The molecule has 6 rings (SSSR count). The van der Waals surface area contributed by atoms with Gasteiger partial charge in [-0.1, -0.05) is 6.07 Å². The molecule has 2 bridgehead atoms. The minimum atomic E-state index is -5.08. The van der Waals surface area contributed by atoms with E-state index in [1.54, 1.807) is 22.9 Å². The predicted octanol–water partition coefficient (Wildman–Crippen LogP) is 5.25. The minimum Gasteiger partial charge on any atom is -0.493 e. The lowest BCUT2D eigenvalue weighted by Gasteiger charge is -2.69. The van der Waals surface area contributed by atoms with Crippen molar-refractivity contribution in [3.8, 4) is 5.75 Å². The van der Waals surface area contributed by atoms with Gasteiger partial charge in [-0.05, 0) is 31.4 Å². The van der Waals surface area contributed by atoms with E-state index in [0.29, 0.717) is 36.3 Å². The Bertz CT molecular complexity index is 1370. The molecule has 3 fully saturated rings. The van der Waals surface area contributed by atoms with Crippen LogP contribution in [0.3, 0.4) is 0 Å². The molecule has 0 aromatic carbocycles. The maximum atomic E-state index is 13.2. The quantitative estimate of drug-likeness (QED) is 0.408. The van der Waals surface area contributed by atoms with Gasteiger partial charge < -0.3 is 19.6 Å². The van der Waals surface area contributed by atoms with Gasteiger partial charge in [-0.25, -0.2) is 32.3 Å². The second-order valence-electron chi connectivity index (χ2n) is 9.13. The summed E-state index contributed by atoms with van der Waals surface area (Å²) in [7, 11) is 1.45. The molecule has 3 heterocycles. The highest BCUT2D eigenvalue weighted by Crippen LogP contribution is 2.75. The molecule has 1 amide bonds. The SMILES string of the molecule is COc1cc(NC(=O)c2cccc(C(F)F)n2)cn2cc(C34CC(C(F)F)(C3)C4)nc12.O=C(O)C(F)(F)F. The summed E-state index contributed by atoms with van der Waals surface area (Å²) < 4.78 is 90.8. The molecule has 0 saturated heterocycles. The van der Waals surface area contributed by atoms with E-state index in [-0.39, 0.29) is 11.1 Å². The normalized spacial score (nSPS) is 21.8. The lowest BCUT2D eigenvalue weighted by Crippen LogP contribution is -2.67. The average Bonchev–Trinajstić information content (AvgIpc) is 3.20. The standard InChI is InChI=1S/C21H18F4N4O2.C2HF3O2/c1-31-14-5-11(26-18(30)13-4-2-3-12(27-13)16(22)23)6-29-7-15(28-17(14)29)20-8-21(9-20,10-20)19(24)25;3-2(4,5)1(6)7/h2-7,16,19H,8-10H2,1H3,(H,26,30);(H,6,7). The van der Waals surface area contributed by atoms with Gasteiger partial charge in [-0.2, -0.15) is 13.2 Å². The number of imidazole rings is 1. The summed E-state index contributed by atoms with van der Waals surface area (Å²) in [4.78, 5) is 29.7. The Morgan fingerprint density at radius 2 is 1.74 bits per heavy atom. The number of ether oxygens (including phenoxy) is 1. The molecular weight excluding hydrogens is 529 g/mol. The molecule has 38 heavy (non-hydrogen) atoms. The Kier molecular flexibility index (Phi) is 6.74. The van der Waals surface area contributed by atoms with Crippen LogP contribution in [0.4, 0.5) is 36.4 Å². The maximum absolute atomic E-state index is 13.2. The number of fused-ring (bicyclic) bond motifs is 1. The fourth-order valence-electron chi connectivity index (χ4n) is 4.81. The zero-order valence-corrected chi connectivity index (χ0v) is 19.4. The first-order chi connectivity index (χ1) is 17.7. The van der Waals surface area contributed by atoms with Gasteiger partial charge in [0, 0.05) is 29.3 Å². The number of halogens is 7. The number of anilines is 1. The van der Waals surface area contributed by atoms with Gasteiger partial charge in [0.2, 0.25) is 6.43 Å². The van der Waals surface area contributed by atoms with Gasteiger partial charge in [0.25, 0.3) is 12.3 Å². The van der Waals surface area contributed by atoms with E-state index in [1.807, 2.05) is 0 Å². The van der Waals surface area contributed by atoms with Crippen molar-refractivity contribution in [2.75, 3.05) is 12.4 Å². The number of pyridine rings is 2. The van der Waals surface area contributed by atoms with Gasteiger partial charge in [0.05, 0.1) is 18.5 Å². The number of methoxy groups -OCH3 is 1. The number of carboxylic acids is 1. The van der Waals surface area contributed by atoms with Crippen LogP contribution < -0.4 is 10.1 Å². The van der Waals surface area contributed by atoms with E-state index in [1.165, 1.54) is 19.2 Å². The lowest BCUT2D eigenvalue weighted by atomic mass is 9.34.